The molecule has 0 radical (unpaired) electrons. The van der Waals surface area contributed by atoms with Crippen LogP contribution in [0.2, 0.25) is 0 Å². The van der Waals surface area contributed by atoms with E-state index in [1.165, 1.54) is 12.1 Å². The molecule has 0 N–H and O–H groups in total. The van der Waals surface area contributed by atoms with Crippen LogP contribution in [0.15, 0.2) is 69.6 Å². The van der Waals surface area contributed by atoms with Crippen LogP contribution in [0.1, 0.15) is 11.3 Å². The molecule has 0 aliphatic heterocycles. The number of nitrogens with zero attached hydrogens (tertiary/aromatic N) is 1. The van der Waals surface area contributed by atoms with Crippen LogP contribution in [0, 0.1) is 17.1 Å². The molecule has 0 spiro atoms. The van der Waals surface area contributed by atoms with E-state index in [4.69, 9.17) is 4.42 Å². The van der Waals surface area contributed by atoms with Crippen molar-refractivity contribution in [1.29, 1.82) is 5.26 Å². The zero-order chi connectivity index (χ0) is 16.2. The second-order valence-corrected chi connectivity index (χ2v) is 5.80. The van der Waals surface area contributed by atoms with Crippen LogP contribution in [-0.2, 0) is 0 Å². The van der Waals surface area contributed by atoms with Crippen molar-refractivity contribution in [2.75, 3.05) is 0 Å². The number of hydrogen-bond acceptors (Lipinski definition) is 2. The molecule has 0 unspecified atom stereocenters. The summed E-state index contributed by atoms with van der Waals surface area (Å²) in [6.07, 6.45) is 1.69. The van der Waals surface area contributed by atoms with Gasteiger partial charge in [-0.2, -0.15) is 5.26 Å². The highest BCUT2D eigenvalue weighted by molar-refractivity contribution is 9.10. The van der Waals surface area contributed by atoms with E-state index in [-0.39, 0.29) is 5.82 Å². The summed E-state index contributed by atoms with van der Waals surface area (Å²) < 4.78 is 19.6. The van der Waals surface area contributed by atoms with Crippen molar-refractivity contribution in [3.8, 4) is 17.4 Å². The topological polar surface area (TPSA) is 36.9 Å². The van der Waals surface area contributed by atoms with Crippen molar-refractivity contribution in [3.63, 3.8) is 0 Å². The minimum atomic E-state index is -0.290. The van der Waals surface area contributed by atoms with Gasteiger partial charge in [0.1, 0.15) is 17.3 Å². The molecule has 3 aromatic rings. The zero-order valence-electron chi connectivity index (χ0n) is 12.0. The summed E-state index contributed by atoms with van der Waals surface area (Å²) in [5.74, 6) is 0.908. The van der Waals surface area contributed by atoms with Gasteiger partial charge in [-0.15, -0.1) is 0 Å². The third kappa shape index (κ3) is 3.58. The van der Waals surface area contributed by atoms with Crippen LogP contribution in [0.3, 0.4) is 0 Å². The van der Waals surface area contributed by atoms with E-state index in [1.807, 2.05) is 24.3 Å². The van der Waals surface area contributed by atoms with Gasteiger partial charge in [0.15, 0.2) is 0 Å². The Hall–Kier alpha value is -2.64. The van der Waals surface area contributed by atoms with Crippen molar-refractivity contribution < 1.29 is 8.81 Å². The van der Waals surface area contributed by atoms with Gasteiger partial charge < -0.3 is 4.42 Å². The summed E-state index contributed by atoms with van der Waals surface area (Å²) >= 11 is 3.39. The Morgan fingerprint density at radius 1 is 1.09 bits per heavy atom. The van der Waals surface area contributed by atoms with Gasteiger partial charge in [0.05, 0.1) is 11.6 Å². The fraction of sp³-hybridized carbons (Fsp3) is 0. The van der Waals surface area contributed by atoms with E-state index in [9.17, 15) is 9.65 Å². The van der Waals surface area contributed by atoms with E-state index in [0.29, 0.717) is 17.1 Å². The van der Waals surface area contributed by atoms with Gasteiger partial charge in [-0.25, -0.2) is 4.39 Å². The highest BCUT2D eigenvalue weighted by atomic mass is 79.9. The van der Waals surface area contributed by atoms with E-state index >= 15 is 0 Å². The fourth-order valence-electron chi connectivity index (χ4n) is 2.18. The summed E-state index contributed by atoms with van der Waals surface area (Å²) in [4.78, 5) is 0. The lowest BCUT2D eigenvalue weighted by atomic mass is 10.1. The third-order valence-electron chi connectivity index (χ3n) is 3.30. The van der Waals surface area contributed by atoms with Crippen LogP contribution < -0.4 is 0 Å². The molecule has 112 valence electrons. The SMILES string of the molecule is N#CC(=Cc1ccc(-c2ccc(F)cc2)o1)c1cccc(Br)c1. The molecule has 4 heteroatoms. The first-order valence-electron chi connectivity index (χ1n) is 6.89. The Labute approximate surface area is 141 Å². The second kappa shape index (κ2) is 6.64. The van der Waals surface area contributed by atoms with Gasteiger partial charge in [-0.1, -0.05) is 28.1 Å². The van der Waals surface area contributed by atoms with E-state index in [2.05, 4.69) is 22.0 Å². The second-order valence-electron chi connectivity index (χ2n) is 4.89. The Morgan fingerprint density at radius 3 is 2.57 bits per heavy atom. The fourth-order valence-corrected chi connectivity index (χ4v) is 2.58. The van der Waals surface area contributed by atoms with E-state index in [0.717, 1.165) is 15.6 Å². The Morgan fingerprint density at radius 2 is 1.87 bits per heavy atom. The zero-order valence-corrected chi connectivity index (χ0v) is 13.5. The number of rotatable bonds is 3. The summed E-state index contributed by atoms with van der Waals surface area (Å²) in [5.41, 5.74) is 2.10. The standard InChI is InChI=1S/C19H11BrFNO/c20-16-3-1-2-14(10-16)15(12-22)11-18-8-9-19(23-18)13-4-6-17(21)7-5-13/h1-11H. The largest absolute Gasteiger partial charge is 0.457 e. The van der Waals surface area contributed by atoms with E-state index in [1.54, 1.807) is 30.3 Å². The quantitative estimate of drug-likeness (QED) is 0.539. The lowest BCUT2D eigenvalue weighted by Gasteiger charge is -1.99. The number of furan rings is 1. The number of allylic oxidation sites excluding steroid dienone is 1. The molecule has 0 bridgehead atoms. The lowest BCUT2D eigenvalue weighted by Crippen LogP contribution is -1.81. The summed E-state index contributed by atoms with van der Waals surface area (Å²) in [6, 6.07) is 19.4. The maximum Gasteiger partial charge on any atom is 0.134 e. The van der Waals surface area contributed by atoms with Gasteiger partial charge in [-0.3, -0.25) is 0 Å². The first-order valence-corrected chi connectivity index (χ1v) is 7.68. The number of halogens is 2. The minimum absolute atomic E-state index is 0.290. The highest BCUT2D eigenvalue weighted by Crippen LogP contribution is 2.26. The number of hydrogen-bond donors (Lipinski definition) is 0. The molecule has 23 heavy (non-hydrogen) atoms. The predicted octanol–water partition coefficient (Wildman–Crippen LogP) is 5.91. The van der Waals surface area contributed by atoms with Crippen LogP contribution in [0.5, 0.6) is 0 Å². The molecule has 3 rings (SSSR count). The van der Waals surface area contributed by atoms with Crippen molar-refractivity contribution in [1.82, 2.24) is 0 Å². The van der Waals surface area contributed by atoms with Crippen molar-refractivity contribution >= 4 is 27.6 Å². The van der Waals surface area contributed by atoms with Crippen LogP contribution >= 0.6 is 15.9 Å². The molecule has 0 amide bonds. The van der Waals surface area contributed by atoms with Gasteiger partial charge in [0, 0.05) is 10.0 Å². The molecule has 0 saturated carbocycles. The molecule has 2 aromatic carbocycles. The molecular formula is C19H11BrFNO. The smallest absolute Gasteiger partial charge is 0.134 e. The molecule has 1 aromatic heterocycles. The maximum atomic E-state index is 13.0. The van der Waals surface area contributed by atoms with Crippen molar-refractivity contribution in [2.24, 2.45) is 0 Å². The predicted molar refractivity (Wildman–Crippen MR) is 91.7 cm³/mol. The molecule has 0 saturated heterocycles. The normalized spacial score (nSPS) is 11.3. The molecule has 0 aliphatic carbocycles. The Kier molecular flexibility index (Phi) is 4.40. The molecule has 1 heterocycles. The van der Waals surface area contributed by atoms with Gasteiger partial charge >= 0.3 is 0 Å². The molecule has 0 atom stereocenters. The lowest BCUT2D eigenvalue weighted by molar-refractivity contribution is 0.571. The summed E-state index contributed by atoms with van der Waals surface area (Å²) in [6.45, 7) is 0. The minimum Gasteiger partial charge on any atom is -0.457 e. The van der Waals surface area contributed by atoms with Gasteiger partial charge in [0.2, 0.25) is 0 Å². The van der Waals surface area contributed by atoms with E-state index < -0.39 is 0 Å². The first kappa shape index (κ1) is 15.3. The Bertz CT molecular complexity index is 904. The van der Waals surface area contributed by atoms with Gasteiger partial charge in [0.25, 0.3) is 0 Å². The number of benzene rings is 2. The summed E-state index contributed by atoms with van der Waals surface area (Å²) in [7, 11) is 0. The Balaban J connectivity index is 1.93. The third-order valence-corrected chi connectivity index (χ3v) is 3.79. The molecule has 0 aliphatic rings. The van der Waals surface area contributed by atoms with Crippen LogP contribution in [0.4, 0.5) is 4.39 Å². The first-order chi connectivity index (χ1) is 11.2. The monoisotopic (exact) mass is 367 g/mol. The highest BCUT2D eigenvalue weighted by Gasteiger charge is 2.06. The van der Waals surface area contributed by atoms with Crippen molar-refractivity contribution in [2.45, 2.75) is 0 Å². The maximum absolute atomic E-state index is 13.0. The molecular weight excluding hydrogens is 357 g/mol. The van der Waals surface area contributed by atoms with Gasteiger partial charge in [-0.05, 0) is 60.2 Å². The van der Waals surface area contributed by atoms with Crippen molar-refractivity contribution in [3.05, 3.63) is 82.3 Å². The van der Waals surface area contributed by atoms with Crippen LogP contribution in [-0.4, -0.2) is 0 Å². The summed E-state index contributed by atoms with van der Waals surface area (Å²) in [5, 5.41) is 9.37. The molecule has 2 nitrogen and oxygen atoms in total. The number of nitriles is 1. The average molecular weight is 368 g/mol. The van der Waals surface area contributed by atoms with Crippen LogP contribution in [0.25, 0.3) is 23.0 Å². The molecule has 0 fully saturated rings. The average Bonchev–Trinajstić information content (AvgIpc) is 3.02.